The van der Waals surface area contributed by atoms with Crippen LogP contribution in [0.2, 0.25) is 0 Å². The second-order valence-electron chi connectivity index (χ2n) is 5.59. The van der Waals surface area contributed by atoms with Crippen LogP contribution >= 0.6 is 0 Å². The van der Waals surface area contributed by atoms with Crippen LogP contribution in [0.25, 0.3) is 0 Å². The fraction of sp³-hybridized carbons (Fsp3) is 0.917. The lowest BCUT2D eigenvalue weighted by atomic mass is 10.1. The molecule has 1 aliphatic heterocycles. The summed E-state index contributed by atoms with van der Waals surface area (Å²) in [6.45, 7) is 5.65. The molecule has 0 aromatic carbocycles. The third-order valence-corrected chi connectivity index (χ3v) is 2.73. The zero-order valence-corrected chi connectivity index (χ0v) is 11.0. The van der Waals surface area contributed by atoms with E-state index in [4.69, 9.17) is 4.74 Å². The first-order chi connectivity index (χ1) is 8.08. The van der Waals surface area contributed by atoms with Crippen LogP contribution in [0.1, 0.15) is 40.0 Å². The van der Waals surface area contributed by atoms with Gasteiger partial charge in [-0.1, -0.05) is 0 Å². The molecule has 0 N–H and O–H groups in total. The number of carbonyl (C=O) groups excluding carboxylic acids is 1. The van der Waals surface area contributed by atoms with Crippen molar-refractivity contribution < 1.29 is 22.7 Å². The summed E-state index contributed by atoms with van der Waals surface area (Å²) in [7, 11) is 0. The van der Waals surface area contributed by atoms with Crippen molar-refractivity contribution in [2.24, 2.45) is 0 Å². The summed E-state index contributed by atoms with van der Waals surface area (Å²) in [6, 6.07) is -0.522. The molecule has 0 radical (unpaired) electrons. The maximum atomic E-state index is 12.2. The topological polar surface area (TPSA) is 29.5 Å². The average molecular weight is 267 g/mol. The molecule has 0 unspecified atom stereocenters. The summed E-state index contributed by atoms with van der Waals surface area (Å²) in [4.78, 5) is 13.4. The molecule has 6 heteroatoms. The summed E-state index contributed by atoms with van der Waals surface area (Å²) < 4.78 is 41.7. The van der Waals surface area contributed by atoms with Crippen LogP contribution in [0, 0.1) is 0 Å². The lowest BCUT2D eigenvalue weighted by molar-refractivity contribution is -0.163. The van der Waals surface area contributed by atoms with Gasteiger partial charge in [-0.3, -0.25) is 9.69 Å². The molecule has 18 heavy (non-hydrogen) atoms. The Bertz CT molecular complexity index is 297. The molecule has 1 aliphatic rings. The van der Waals surface area contributed by atoms with E-state index in [0.717, 1.165) is 6.42 Å². The van der Waals surface area contributed by atoms with Gasteiger partial charge in [0.25, 0.3) is 0 Å². The molecule has 0 amide bonds. The summed E-state index contributed by atoms with van der Waals surface area (Å²) in [5, 5.41) is 0. The van der Waals surface area contributed by atoms with E-state index < -0.39 is 30.2 Å². The molecule has 1 fully saturated rings. The van der Waals surface area contributed by atoms with Gasteiger partial charge in [-0.05, 0) is 40.2 Å². The fourth-order valence-corrected chi connectivity index (χ4v) is 2.00. The number of ether oxygens (including phenoxy) is 1. The van der Waals surface area contributed by atoms with Gasteiger partial charge in [0, 0.05) is 6.54 Å². The molecule has 1 heterocycles. The lowest BCUT2D eigenvalue weighted by Gasteiger charge is -2.27. The quantitative estimate of drug-likeness (QED) is 0.736. The van der Waals surface area contributed by atoms with Gasteiger partial charge in [0.2, 0.25) is 0 Å². The van der Waals surface area contributed by atoms with Crippen LogP contribution in [0.4, 0.5) is 13.2 Å². The van der Waals surface area contributed by atoms with Crippen molar-refractivity contribution in [2.45, 2.75) is 57.9 Å². The van der Waals surface area contributed by atoms with Crippen LogP contribution in [0.5, 0.6) is 0 Å². The van der Waals surface area contributed by atoms with Gasteiger partial charge in [0.1, 0.15) is 11.6 Å². The minimum atomic E-state index is -4.18. The minimum Gasteiger partial charge on any atom is -0.459 e. The van der Waals surface area contributed by atoms with Crippen molar-refractivity contribution in [1.29, 1.82) is 0 Å². The Kier molecular flexibility index (Phi) is 4.64. The normalized spacial score (nSPS) is 22.2. The van der Waals surface area contributed by atoms with Crippen molar-refractivity contribution >= 4 is 5.97 Å². The molecule has 106 valence electrons. The summed E-state index contributed by atoms with van der Waals surface area (Å²) in [5.74, 6) is -0.415. The second-order valence-corrected chi connectivity index (χ2v) is 5.59. The van der Waals surface area contributed by atoms with Crippen molar-refractivity contribution in [3.05, 3.63) is 0 Å². The molecule has 1 atom stereocenters. The van der Waals surface area contributed by atoms with Gasteiger partial charge < -0.3 is 4.74 Å². The third-order valence-electron chi connectivity index (χ3n) is 2.73. The van der Waals surface area contributed by atoms with Crippen LogP contribution < -0.4 is 0 Å². The average Bonchev–Trinajstić information content (AvgIpc) is 2.58. The Morgan fingerprint density at radius 2 is 1.94 bits per heavy atom. The number of carbonyl (C=O) groups is 1. The van der Waals surface area contributed by atoms with E-state index in [9.17, 15) is 18.0 Å². The van der Waals surface area contributed by atoms with E-state index in [-0.39, 0.29) is 6.54 Å². The van der Waals surface area contributed by atoms with E-state index in [0.29, 0.717) is 13.0 Å². The highest BCUT2D eigenvalue weighted by Gasteiger charge is 2.36. The van der Waals surface area contributed by atoms with Gasteiger partial charge >= 0.3 is 12.1 Å². The van der Waals surface area contributed by atoms with E-state index in [2.05, 4.69) is 0 Å². The van der Waals surface area contributed by atoms with Gasteiger partial charge in [0.05, 0.1) is 6.42 Å². The Labute approximate surface area is 105 Å². The molecule has 3 nitrogen and oxygen atoms in total. The van der Waals surface area contributed by atoms with Gasteiger partial charge in [-0.15, -0.1) is 0 Å². The largest absolute Gasteiger partial charge is 0.459 e. The molecule has 0 aliphatic carbocycles. The zero-order chi connectivity index (χ0) is 14.0. The molecule has 0 aromatic heterocycles. The SMILES string of the molecule is CC(C)(C)OC(=O)[C@H]1CCCN1CCC(F)(F)F. The Hall–Kier alpha value is -0.780. The molecule has 0 aromatic rings. The van der Waals surface area contributed by atoms with Crippen LogP contribution in [0.3, 0.4) is 0 Å². The smallest absolute Gasteiger partial charge is 0.390 e. The lowest BCUT2D eigenvalue weighted by Crippen LogP contribution is -2.41. The van der Waals surface area contributed by atoms with Gasteiger partial charge in [-0.25, -0.2) is 0 Å². The van der Waals surface area contributed by atoms with Crippen molar-refractivity contribution in [3.63, 3.8) is 0 Å². The van der Waals surface area contributed by atoms with E-state index >= 15 is 0 Å². The monoisotopic (exact) mass is 267 g/mol. The first-order valence-electron chi connectivity index (χ1n) is 6.12. The Morgan fingerprint density at radius 1 is 1.33 bits per heavy atom. The van der Waals surface area contributed by atoms with E-state index in [1.165, 1.54) is 0 Å². The highest BCUT2D eigenvalue weighted by molar-refractivity contribution is 5.76. The second kappa shape index (κ2) is 5.47. The number of nitrogens with zero attached hydrogens (tertiary/aromatic N) is 1. The van der Waals surface area contributed by atoms with Crippen LogP contribution in [-0.4, -0.2) is 41.8 Å². The predicted molar refractivity (Wildman–Crippen MR) is 61.1 cm³/mol. The van der Waals surface area contributed by atoms with Gasteiger partial charge in [-0.2, -0.15) is 13.2 Å². The number of hydrogen-bond acceptors (Lipinski definition) is 3. The predicted octanol–water partition coefficient (Wildman–Crippen LogP) is 2.74. The number of esters is 1. The maximum Gasteiger partial charge on any atom is 0.390 e. The molecule has 0 bridgehead atoms. The molecule has 1 rings (SSSR count). The number of halogens is 3. The van der Waals surface area contributed by atoms with Crippen molar-refractivity contribution in [3.8, 4) is 0 Å². The molecule has 1 saturated heterocycles. The number of rotatable bonds is 3. The minimum absolute atomic E-state index is 0.132. The highest BCUT2D eigenvalue weighted by atomic mass is 19.4. The first kappa shape index (κ1) is 15.3. The Morgan fingerprint density at radius 3 is 2.44 bits per heavy atom. The summed E-state index contributed by atoms with van der Waals surface area (Å²) in [6.07, 6.45) is -3.75. The van der Waals surface area contributed by atoms with Crippen LogP contribution in [0.15, 0.2) is 0 Å². The summed E-state index contributed by atoms with van der Waals surface area (Å²) in [5.41, 5.74) is -0.602. The summed E-state index contributed by atoms with van der Waals surface area (Å²) >= 11 is 0. The first-order valence-corrected chi connectivity index (χ1v) is 6.12. The molecule has 0 saturated carbocycles. The molecular weight excluding hydrogens is 247 g/mol. The van der Waals surface area contributed by atoms with Gasteiger partial charge in [0.15, 0.2) is 0 Å². The highest BCUT2D eigenvalue weighted by Crippen LogP contribution is 2.25. The fourth-order valence-electron chi connectivity index (χ4n) is 2.00. The number of likely N-dealkylation sites (tertiary alicyclic amines) is 1. The molecular formula is C12H20F3NO2. The number of alkyl halides is 3. The number of hydrogen-bond donors (Lipinski definition) is 0. The third kappa shape index (κ3) is 5.25. The van der Waals surface area contributed by atoms with Crippen LogP contribution in [-0.2, 0) is 9.53 Å². The van der Waals surface area contributed by atoms with E-state index in [1.54, 1.807) is 25.7 Å². The molecule has 0 spiro atoms. The standard InChI is InChI=1S/C12H20F3NO2/c1-11(2,3)18-10(17)9-5-4-7-16(9)8-6-12(13,14)15/h9H,4-8H2,1-3H3/t9-/m1/s1. The van der Waals surface area contributed by atoms with Crippen molar-refractivity contribution in [2.75, 3.05) is 13.1 Å². The maximum absolute atomic E-state index is 12.2. The van der Waals surface area contributed by atoms with Crippen molar-refractivity contribution in [1.82, 2.24) is 4.90 Å². The zero-order valence-electron chi connectivity index (χ0n) is 11.0. The van der Waals surface area contributed by atoms with E-state index in [1.807, 2.05) is 0 Å². The Balaban J connectivity index is 2.51.